The molecular formula is C14H27N3O2. The number of nitrogens with one attached hydrogen (secondary N) is 2. The molecule has 1 saturated heterocycles. The zero-order chi connectivity index (χ0) is 14.5. The van der Waals surface area contributed by atoms with Crippen LogP contribution >= 0.6 is 0 Å². The predicted octanol–water partition coefficient (Wildman–Crippen LogP) is 1.88. The van der Waals surface area contributed by atoms with Gasteiger partial charge in [0.1, 0.15) is 0 Å². The van der Waals surface area contributed by atoms with Crippen molar-refractivity contribution in [2.45, 2.75) is 65.0 Å². The number of carbonyl (C=O) groups excluding carboxylic acids is 2. The highest BCUT2D eigenvalue weighted by atomic mass is 16.2. The van der Waals surface area contributed by atoms with E-state index in [-0.39, 0.29) is 11.4 Å². The largest absolute Gasteiger partial charge is 0.333 e. The highest BCUT2D eigenvalue weighted by molar-refractivity contribution is 5.95. The zero-order valence-corrected chi connectivity index (χ0v) is 12.6. The van der Waals surface area contributed by atoms with E-state index >= 15 is 0 Å². The van der Waals surface area contributed by atoms with Gasteiger partial charge in [0, 0.05) is 11.6 Å². The number of urea groups is 1. The van der Waals surface area contributed by atoms with Gasteiger partial charge in [0.15, 0.2) is 0 Å². The van der Waals surface area contributed by atoms with E-state index in [9.17, 15) is 9.59 Å². The molecule has 0 aromatic carbocycles. The van der Waals surface area contributed by atoms with Crippen molar-refractivity contribution in [3.8, 4) is 0 Å². The van der Waals surface area contributed by atoms with Crippen LogP contribution in [0.15, 0.2) is 0 Å². The van der Waals surface area contributed by atoms with Crippen LogP contribution in [0, 0.1) is 0 Å². The summed E-state index contributed by atoms with van der Waals surface area (Å²) in [6.07, 6.45) is 4.58. The van der Waals surface area contributed by atoms with Crippen LogP contribution in [0.3, 0.4) is 0 Å². The molecule has 5 nitrogen and oxygen atoms in total. The SMILES string of the molecule is CCC1CCCCN1CC(=O)NC(=O)NC(C)(C)C. The molecule has 2 N–H and O–H groups in total. The van der Waals surface area contributed by atoms with Gasteiger partial charge in [0.05, 0.1) is 6.54 Å². The first-order valence-electron chi connectivity index (χ1n) is 7.18. The molecule has 0 bridgehead atoms. The van der Waals surface area contributed by atoms with Gasteiger partial charge in [-0.1, -0.05) is 13.3 Å². The molecule has 0 spiro atoms. The topological polar surface area (TPSA) is 61.4 Å². The molecule has 1 aliphatic rings. The lowest BCUT2D eigenvalue weighted by Gasteiger charge is -2.34. The minimum atomic E-state index is -0.414. The molecular weight excluding hydrogens is 242 g/mol. The van der Waals surface area contributed by atoms with Gasteiger partial charge >= 0.3 is 6.03 Å². The molecule has 0 aromatic heterocycles. The number of likely N-dealkylation sites (tertiary alicyclic amines) is 1. The molecule has 0 radical (unpaired) electrons. The van der Waals surface area contributed by atoms with Crippen molar-refractivity contribution in [3.05, 3.63) is 0 Å². The highest BCUT2D eigenvalue weighted by Crippen LogP contribution is 2.18. The van der Waals surface area contributed by atoms with Gasteiger partial charge in [-0.2, -0.15) is 0 Å². The van der Waals surface area contributed by atoms with E-state index in [4.69, 9.17) is 0 Å². The smallest absolute Gasteiger partial charge is 0.321 e. The Bertz CT molecular complexity index is 323. The number of hydrogen-bond donors (Lipinski definition) is 2. The molecule has 1 unspecified atom stereocenters. The van der Waals surface area contributed by atoms with Crippen molar-refractivity contribution in [1.82, 2.24) is 15.5 Å². The first kappa shape index (κ1) is 16.0. The lowest BCUT2D eigenvalue weighted by molar-refractivity contribution is -0.122. The normalized spacial score (nSPS) is 20.9. The molecule has 1 atom stereocenters. The summed E-state index contributed by atoms with van der Waals surface area (Å²) >= 11 is 0. The summed E-state index contributed by atoms with van der Waals surface area (Å²) in [5.41, 5.74) is -0.332. The molecule has 19 heavy (non-hydrogen) atoms. The van der Waals surface area contributed by atoms with E-state index in [1.807, 2.05) is 20.8 Å². The highest BCUT2D eigenvalue weighted by Gasteiger charge is 2.23. The van der Waals surface area contributed by atoms with Crippen molar-refractivity contribution in [2.24, 2.45) is 0 Å². The van der Waals surface area contributed by atoms with E-state index in [1.54, 1.807) is 0 Å². The van der Waals surface area contributed by atoms with Crippen molar-refractivity contribution in [2.75, 3.05) is 13.1 Å². The number of nitrogens with zero attached hydrogens (tertiary/aromatic N) is 1. The van der Waals surface area contributed by atoms with E-state index in [1.165, 1.54) is 6.42 Å². The monoisotopic (exact) mass is 269 g/mol. The van der Waals surface area contributed by atoms with Gasteiger partial charge in [-0.15, -0.1) is 0 Å². The Morgan fingerprint density at radius 2 is 1.95 bits per heavy atom. The van der Waals surface area contributed by atoms with Crippen molar-refractivity contribution in [3.63, 3.8) is 0 Å². The Morgan fingerprint density at radius 1 is 1.26 bits per heavy atom. The summed E-state index contributed by atoms with van der Waals surface area (Å²) in [6, 6.07) is 0.0627. The lowest BCUT2D eigenvalue weighted by Crippen LogP contribution is -2.51. The lowest BCUT2D eigenvalue weighted by atomic mass is 10.0. The van der Waals surface area contributed by atoms with E-state index in [0.717, 1.165) is 25.8 Å². The Labute approximate surface area is 116 Å². The maximum Gasteiger partial charge on any atom is 0.321 e. The third kappa shape index (κ3) is 6.05. The second-order valence-corrected chi connectivity index (χ2v) is 6.28. The van der Waals surface area contributed by atoms with Crippen molar-refractivity contribution >= 4 is 11.9 Å². The Kier molecular flexibility index (Phi) is 5.79. The van der Waals surface area contributed by atoms with E-state index in [2.05, 4.69) is 22.5 Å². The molecule has 110 valence electrons. The first-order chi connectivity index (χ1) is 8.81. The second kappa shape index (κ2) is 6.89. The van der Waals surface area contributed by atoms with Crippen LogP contribution in [-0.4, -0.2) is 41.5 Å². The Hall–Kier alpha value is -1.10. The summed E-state index contributed by atoms with van der Waals surface area (Å²) < 4.78 is 0. The maximum absolute atomic E-state index is 11.9. The fourth-order valence-corrected chi connectivity index (χ4v) is 2.45. The van der Waals surface area contributed by atoms with Crippen LogP contribution in [0.1, 0.15) is 53.4 Å². The van der Waals surface area contributed by atoms with Gasteiger partial charge in [-0.05, 0) is 46.6 Å². The second-order valence-electron chi connectivity index (χ2n) is 6.28. The molecule has 5 heteroatoms. The molecule has 0 aromatic rings. The summed E-state index contributed by atoms with van der Waals surface area (Å²) in [7, 11) is 0. The van der Waals surface area contributed by atoms with Crippen molar-refractivity contribution in [1.29, 1.82) is 0 Å². The molecule has 1 fully saturated rings. The summed E-state index contributed by atoms with van der Waals surface area (Å²) in [5, 5.41) is 5.12. The fraction of sp³-hybridized carbons (Fsp3) is 0.857. The third-order valence-corrected chi connectivity index (χ3v) is 3.31. The predicted molar refractivity (Wildman–Crippen MR) is 75.9 cm³/mol. The number of carbonyl (C=O) groups is 2. The first-order valence-corrected chi connectivity index (χ1v) is 7.18. The van der Waals surface area contributed by atoms with Gasteiger partial charge in [0.2, 0.25) is 5.91 Å². The standard InChI is InChI=1S/C14H27N3O2/c1-5-11-8-6-7-9-17(11)10-12(18)15-13(19)16-14(2,3)4/h11H,5-10H2,1-4H3,(H2,15,16,18,19). The Morgan fingerprint density at radius 3 is 2.53 bits per heavy atom. The van der Waals surface area contributed by atoms with E-state index in [0.29, 0.717) is 12.6 Å². The van der Waals surface area contributed by atoms with Crippen LogP contribution < -0.4 is 10.6 Å². The van der Waals surface area contributed by atoms with Crippen LogP contribution in [0.5, 0.6) is 0 Å². The fourth-order valence-electron chi connectivity index (χ4n) is 2.45. The van der Waals surface area contributed by atoms with E-state index < -0.39 is 6.03 Å². The Balaban J connectivity index is 2.39. The van der Waals surface area contributed by atoms with Crippen molar-refractivity contribution < 1.29 is 9.59 Å². The summed E-state index contributed by atoms with van der Waals surface area (Å²) in [4.78, 5) is 25.6. The van der Waals surface area contributed by atoms with Crippen LogP contribution in [0.4, 0.5) is 4.79 Å². The number of piperidine rings is 1. The third-order valence-electron chi connectivity index (χ3n) is 3.31. The molecule has 0 aliphatic carbocycles. The number of amides is 3. The molecule has 1 rings (SSSR count). The number of rotatable bonds is 3. The average molecular weight is 269 g/mol. The summed E-state index contributed by atoms with van der Waals surface area (Å²) in [6.45, 7) is 9.06. The zero-order valence-electron chi connectivity index (χ0n) is 12.6. The van der Waals surface area contributed by atoms with Crippen LogP contribution in [-0.2, 0) is 4.79 Å². The van der Waals surface area contributed by atoms with Gasteiger partial charge in [-0.25, -0.2) is 4.79 Å². The number of imide groups is 1. The molecule has 1 aliphatic heterocycles. The average Bonchev–Trinajstić information content (AvgIpc) is 2.26. The molecule has 1 heterocycles. The van der Waals surface area contributed by atoms with Gasteiger partial charge in [-0.3, -0.25) is 15.0 Å². The summed E-state index contributed by atoms with van der Waals surface area (Å²) in [5.74, 6) is -0.220. The van der Waals surface area contributed by atoms with Gasteiger partial charge < -0.3 is 5.32 Å². The molecule has 0 saturated carbocycles. The molecule has 3 amide bonds. The quantitative estimate of drug-likeness (QED) is 0.822. The van der Waals surface area contributed by atoms with Crippen LogP contribution in [0.25, 0.3) is 0 Å². The minimum absolute atomic E-state index is 0.220. The van der Waals surface area contributed by atoms with Crippen LogP contribution in [0.2, 0.25) is 0 Å². The maximum atomic E-state index is 11.9. The van der Waals surface area contributed by atoms with Gasteiger partial charge in [0.25, 0.3) is 0 Å². The number of hydrogen-bond acceptors (Lipinski definition) is 3. The minimum Gasteiger partial charge on any atom is -0.333 e.